The van der Waals surface area contributed by atoms with E-state index in [4.69, 9.17) is 4.42 Å². The minimum Gasteiger partial charge on any atom is -0.411 e. The second-order valence-corrected chi connectivity index (χ2v) is 10.7. The molecule has 1 amide bonds. The maximum absolute atomic E-state index is 12.9. The summed E-state index contributed by atoms with van der Waals surface area (Å²) in [6.07, 6.45) is 2.83. The minimum absolute atomic E-state index is 0.167. The molecule has 164 valence electrons. The Balaban J connectivity index is 1.44. The van der Waals surface area contributed by atoms with Crippen LogP contribution in [0.1, 0.15) is 31.9 Å². The summed E-state index contributed by atoms with van der Waals surface area (Å²) in [5, 5.41) is 13.5. The van der Waals surface area contributed by atoms with Gasteiger partial charge in [0, 0.05) is 36.7 Å². The fourth-order valence-corrected chi connectivity index (χ4v) is 6.23. The van der Waals surface area contributed by atoms with Crippen molar-refractivity contribution in [3.05, 3.63) is 35.3 Å². The summed E-state index contributed by atoms with van der Waals surface area (Å²) in [7, 11) is -3.54. The smallest absolute Gasteiger partial charge is 0.277 e. The van der Waals surface area contributed by atoms with Gasteiger partial charge in [0.25, 0.3) is 5.22 Å². The molecular formula is C19H21N5O4S3. The van der Waals surface area contributed by atoms with Gasteiger partial charge in [-0.05, 0) is 31.0 Å². The largest absolute Gasteiger partial charge is 0.411 e. The van der Waals surface area contributed by atoms with E-state index in [1.807, 2.05) is 5.38 Å². The predicted octanol–water partition coefficient (Wildman–Crippen LogP) is 3.62. The van der Waals surface area contributed by atoms with Crippen LogP contribution in [0, 0.1) is 0 Å². The van der Waals surface area contributed by atoms with Gasteiger partial charge in [0.15, 0.2) is 5.13 Å². The van der Waals surface area contributed by atoms with Crippen LogP contribution < -0.4 is 5.32 Å². The monoisotopic (exact) mass is 479 g/mol. The summed E-state index contributed by atoms with van der Waals surface area (Å²) in [4.78, 5) is 15.6. The Hall–Kier alpha value is -2.28. The zero-order chi connectivity index (χ0) is 21.8. The number of sulfonamides is 1. The van der Waals surface area contributed by atoms with Gasteiger partial charge < -0.3 is 9.73 Å². The average molecular weight is 480 g/mol. The number of thioether (sulfide) groups is 1. The first kappa shape index (κ1) is 21.9. The Labute approximate surface area is 188 Å². The molecule has 1 aromatic carbocycles. The van der Waals surface area contributed by atoms with E-state index < -0.39 is 10.0 Å². The van der Waals surface area contributed by atoms with Crippen molar-refractivity contribution in [3.63, 3.8) is 0 Å². The van der Waals surface area contributed by atoms with Crippen molar-refractivity contribution in [2.75, 3.05) is 18.4 Å². The summed E-state index contributed by atoms with van der Waals surface area (Å²) in [6.45, 7) is 2.53. The molecular weight excluding hydrogens is 458 g/mol. The maximum Gasteiger partial charge on any atom is 0.277 e. The second-order valence-electron chi connectivity index (χ2n) is 6.98. The van der Waals surface area contributed by atoms with Gasteiger partial charge in [-0.3, -0.25) is 4.79 Å². The van der Waals surface area contributed by atoms with E-state index in [0.29, 0.717) is 34.8 Å². The van der Waals surface area contributed by atoms with Gasteiger partial charge in [-0.25, -0.2) is 13.4 Å². The van der Waals surface area contributed by atoms with Crippen molar-refractivity contribution in [2.24, 2.45) is 0 Å². The van der Waals surface area contributed by atoms with E-state index in [9.17, 15) is 13.2 Å². The van der Waals surface area contributed by atoms with Crippen LogP contribution >= 0.6 is 23.1 Å². The molecule has 31 heavy (non-hydrogen) atoms. The van der Waals surface area contributed by atoms with Crippen molar-refractivity contribution in [1.82, 2.24) is 19.5 Å². The molecule has 9 nitrogen and oxygen atoms in total. The van der Waals surface area contributed by atoms with Crippen LogP contribution in [-0.4, -0.2) is 46.9 Å². The number of nitrogens with one attached hydrogen (secondary N) is 1. The summed E-state index contributed by atoms with van der Waals surface area (Å²) in [5.41, 5.74) is 1.34. The number of amides is 1. The first-order chi connectivity index (χ1) is 14.9. The Morgan fingerprint density at radius 2 is 2.06 bits per heavy atom. The summed E-state index contributed by atoms with van der Waals surface area (Å²) in [6, 6.07) is 6.60. The Kier molecular flexibility index (Phi) is 6.70. The third-order valence-corrected chi connectivity index (χ3v) is 8.17. The molecule has 2 aromatic heterocycles. The van der Waals surface area contributed by atoms with Gasteiger partial charge in [0.05, 0.1) is 10.6 Å². The van der Waals surface area contributed by atoms with Crippen molar-refractivity contribution in [3.8, 4) is 11.5 Å². The Bertz CT molecular complexity index is 1170. The lowest BCUT2D eigenvalue weighted by Gasteiger charge is -2.25. The number of piperidine rings is 1. The number of hydrogen-bond acceptors (Lipinski definition) is 9. The molecule has 0 radical (unpaired) electrons. The number of thiazole rings is 1. The number of aromatic nitrogens is 3. The van der Waals surface area contributed by atoms with E-state index in [1.54, 1.807) is 24.3 Å². The highest BCUT2D eigenvalue weighted by Crippen LogP contribution is 2.29. The van der Waals surface area contributed by atoms with Crippen LogP contribution in [0.25, 0.3) is 11.5 Å². The minimum atomic E-state index is -3.54. The van der Waals surface area contributed by atoms with Gasteiger partial charge in [-0.2, -0.15) is 4.31 Å². The number of anilines is 1. The third-order valence-electron chi connectivity index (χ3n) is 4.62. The predicted molar refractivity (Wildman–Crippen MR) is 118 cm³/mol. The highest BCUT2D eigenvalue weighted by molar-refractivity contribution is 7.98. The highest BCUT2D eigenvalue weighted by atomic mass is 32.2. The van der Waals surface area contributed by atoms with Crippen molar-refractivity contribution in [2.45, 2.75) is 42.1 Å². The number of carbonyl (C=O) groups is 1. The first-order valence-corrected chi connectivity index (χ1v) is 13.0. The van der Waals surface area contributed by atoms with E-state index in [0.717, 1.165) is 25.0 Å². The van der Waals surface area contributed by atoms with E-state index in [1.165, 1.54) is 34.3 Å². The zero-order valence-corrected chi connectivity index (χ0v) is 19.2. The average Bonchev–Trinajstić information content (AvgIpc) is 3.42. The molecule has 4 rings (SSSR count). The fourth-order valence-electron chi connectivity index (χ4n) is 3.15. The molecule has 3 aromatic rings. The second kappa shape index (κ2) is 9.47. The van der Waals surface area contributed by atoms with Crippen LogP contribution in [0.4, 0.5) is 5.13 Å². The molecule has 0 bridgehead atoms. The molecule has 1 saturated heterocycles. The van der Waals surface area contributed by atoms with E-state index >= 15 is 0 Å². The van der Waals surface area contributed by atoms with E-state index in [2.05, 4.69) is 20.5 Å². The van der Waals surface area contributed by atoms with Gasteiger partial charge in [-0.15, -0.1) is 21.5 Å². The Morgan fingerprint density at radius 1 is 1.26 bits per heavy atom. The molecule has 0 atom stereocenters. The lowest BCUT2D eigenvalue weighted by Crippen LogP contribution is -2.35. The van der Waals surface area contributed by atoms with Crippen molar-refractivity contribution < 1.29 is 17.6 Å². The standard InChI is InChI=1S/C19H21N5O4S3/c1-13(25)20-18-21-15(11-29-18)12-30-19-23-22-17(28-19)14-6-5-7-16(10-14)31(26,27)24-8-3-2-4-9-24/h5-7,10-11H,2-4,8-9,12H2,1H3,(H,20,21,25). The fraction of sp³-hybridized carbons (Fsp3) is 0.368. The van der Waals surface area contributed by atoms with Crippen molar-refractivity contribution in [1.29, 1.82) is 0 Å². The molecule has 0 spiro atoms. The van der Waals surface area contributed by atoms with Crippen LogP contribution in [0.5, 0.6) is 0 Å². The number of nitrogens with zero attached hydrogens (tertiary/aromatic N) is 4. The lowest BCUT2D eigenvalue weighted by molar-refractivity contribution is -0.114. The normalized spacial score (nSPS) is 15.1. The molecule has 1 aliphatic rings. The quantitative estimate of drug-likeness (QED) is 0.511. The Morgan fingerprint density at radius 3 is 2.84 bits per heavy atom. The van der Waals surface area contributed by atoms with Crippen LogP contribution in [0.15, 0.2) is 44.2 Å². The molecule has 1 N–H and O–H groups in total. The summed E-state index contributed by atoms with van der Waals surface area (Å²) in [5.74, 6) is 0.594. The molecule has 0 unspecified atom stereocenters. The number of rotatable bonds is 7. The van der Waals surface area contributed by atoms with Crippen LogP contribution in [0.2, 0.25) is 0 Å². The highest BCUT2D eigenvalue weighted by Gasteiger charge is 2.26. The van der Waals surface area contributed by atoms with Gasteiger partial charge in [0.1, 0.15) is 0 Å². The topological polar surface area (TPSA) is 118 Å². The SMILES string of the molecule is CC(=O)Nc1nc(CSc2nnc(-c3cccc(S(=O)(=O)N4CCCCC4)c3)o2)cs1. The van der Waals surface area contributed by atoms with Crippen LogP contribution in [-0.2, 0) is 20.6 Å². The first-order valence-electron chi connectivity index (χ1n) is 9.71. The molecule has 0 saturated carbocycles. The van der Waals surface area contributed by atoms with Gasteiger partial charge in [-0.1, -0.05) is 24.2 Å². The lowest BCUT2D eigenvalue weighted by atomic mass is 10.2. The van der Waals surface area contributed by atoms with E-state index in [-0.39, 0.29) is 16.7 Å². The number of carbonyl (C=O) groups excluding carboxylic acids is 1. The van der Waals surface area contributed by atoms with Crippen LogP contribution in [0.3, 0.4) is 0 Å². The molecule has 12 heteroatoms. The maximum atomic E-state index is 12.9. The summed E-state index contributed by atoms with van der Waals surface area (Å²) < 4.78 is 33.1. The third kappa shape index (κ3) is 5.32. The molecule has 3 heterocycles. The van der Waals surface area contributed by atoms with Gasteiger partial charge in [0.2, 0.25) is 21.8 Å². The molecule has 1 aliphatic heterocycles. The number of benzene rings is 1. The molecule has 1 fully saturated rings. The zero-order valence-electron chi connectivity index (χ0n) is 16.8. The molecule has 0 aliphatic carbocycles. The number of hydrogen-bond donors (Lipinski definition) is 1. The van der Waals surface area contributed by atoms with Gasteiger partial charge >= 0.3 is 0 Å². The summed E-state index contributed by atoms with van der Waals surface area (Å²) >= 11 is 2.67. The van der Waals surface area contributed by atoms with Crippen molar-refractivity contribution >= 4 is 44.2 Å².